The molecule has 0 nitrogen and oxygen atoms in total. The van der Waals surface area contributed by atoms with Crippen LogP contribution in [0, 0.1) is 0 Å². The predicted molar refractivity (Wildman–Crippen MR) is 46.4 cm³/mol. The van der Waals surface area contributed by atoms with Gasteiger partial charge in [-0.05, 0) is 0 Å². The van der Waals surface area contributed by atoms with Crippen LogP contribution in [0.3, 0.4) is 0 Å². The average molecular weight is 193 g/mol. The molecule has 0 unspecified atom stereocenters. The summed E-state index contributed by atoms with van der Waals surface area (Å²) in [6.07, 6.45) is 0. The van der Waals surface area contributed by atoms with Crippen LogP contribution in [0.15, 0.2) is 30.3 Å². The van der Waals surface area contributed by atoms with Gasteiger partial charge in [0.1, 0.15) is 0 Å². The van der Waals surface area contributed by atoms with Crippen molar-refractivity contribution >= 4 is 15.4 Å². The molecule has 0 saturated carbocycles. The van der Waals surface area contributed by atoms with Gasteiger partial charge in [-0.3, -0.25) is 0 Å². The monoisotopic (exact) mass is 194 g/mol. The Morgan fingerprint density at radius 3 is 2.50 bits per heavy atom. The molecule has 0 aliphatic rings. The Morgan fingerprint density at radius 1 is 1.20 bits per heavy atom. The minimum absolute atomic E-state index is 0.332. The molecule has 1 rings (SSSR count). The third kappa shape index (κ3) is 2.57. The van der Waals surface area contributed by atoms with Crippen molar-refractivity contribution in [3.63, 3.8) is 0 Å². The molecule has 0 aliphatic heterocycles. The van der Waals surface area contributed by atoms with E-state index in [4.69, 9.17) is 0 Å². The van der Waals surface area contributed by atoms with Crippen molar-refractivity contribution in [1.82, 2.24) is 0 Å². The van der Waals surface area contributed by atoms with E-state index in [0.717, 1.165) is 0 Å². The van der Waals surface area contributed by atoms with Gasteiger partial charge in [-0.2, -0.15) is 0 Å². The van der Waals surface area contributed by atoms with Crippen molar-refractivity contribution in [3.05, 3.63) is 35.9 Å². The molecule has 0 spiro atoms. The summed E-state index contributed by atoms with van der Waals surface area (Å²) in [7, 11) is 0. The van der Waals surface area contributed by atoms with Crippen LogP contribution >= 0.6 is 0 Å². The second-order valence-electron chi connectivity index (χ2n) is 2.27. The number of hydrogen-bond donors (Lipinski definition) is 0. The topological polar surface area (TPSA) is 0 Å². The molecule has 0 bridgehead atoms. The normalized spacial score (nSPS) is 9.70. The van der Waals surface area contributed by atoms with Crippen LogP contribution < -0.4 is 0 Å². The van der Waals surface area contributed by atoms with Crippen molar-refractivity contribution in [2.75, 3.05) is 0 Å². The summed E-state index contributed by atoms with van der Waals surface area (Å²) in [5, 5.41) is 2.77. The van der Waals surface area contributed by atoms with E-state index >= 15 is 0 Å². The zero-order valence-electron chi connectivity index (χ0n) is 6.30. The molecule has 0 aliphatic carbocycles. The fourth-order valence-corrected chi connectivity index (χ4v) is 2.49. The van der Waals surface area contributed by atoms with Crippen LogP contribution in [0.25, 0.3) is 0 Å². The second kappa shape index (κ2) is 4.56. The van der Waals surface area contributed by atoms with Crippen molar-refractivity contribution in [2.45, 2.75) is 17.4 Å². The molecule has 0 fully saturated rings. The maximum absolute atomic E-state index is 2.28. The van der Waals surface area contributed by atoms with Gasteiger partial charge in [-0.15, -0.1) is 0 Å². The van der Waals surface area contributed by atoms with Crippen molar-refractivity contribution in [2.24, 2.45) is 0 Å². The third-order valence-electron chi connectivity index (χ3n) is 1.42. The van der Waals surface area contributed by atoms with E-state index in [2.05, 4.69) is 37.3 Å². The molecule has 0 N–H and O–H groups in total. The van der Waals surface area contributed by atoms with Crippen molar-refractivity contribution in [1.29, 1.82) is 0 Å². The zero-order valence-corrected chi connectivity index (χ0v) is 8.40. The standard InChI is InChI=1S/C9H12Ge/c1-2-10-8-9-6-4-3-5-7-9/h3-7H,2,8H2,1H3. The Hall–Kier alpha value is -0.237. The Kier molecular flexibility index (Phi) is 3.59. The Morgan fingerprint density at radius 2 is 1.90 bits per heavy atom. The van der Waals surface area contributed by atoms with Gasteiger partial charge >= 0.3 is 68.8 Å². The zero-order chi connectivity index (χ0) is 7.23. The quantitative estimate of drug-likeness (QED) is 0.646. The molecule has 0 amide bonds. The number of rotatable bonds is 3. The van der Waals surface area contributed by atoms with Crippen LogP contribution in [-0.4, -0.2) is 15.4 Å². The van der Waals surface area contributed by atoms with E-state index < -0.39 is 0 Å². The summed E-state index contributed by atoms with van der Waals surface area (Å²) >= 11 is 0.332. The van der Waals surface area contributed by atoms with E-state index in [9.17, 15) is 0 Å². The summed E-state index contributed by atoms with van der Waals surface area (Å²) in [6, 6.07) is 10.8. The van der Waals surface area contributed by atoms with Gasteiger partial charge in [0.15, 0.2) is 0 Å². The minimum atomic E-state index is 0.332. The van der Waals surface area contributed by atoms with E-state index in [1.54, 1.807) is 0 Å². The molecule has 1 heteroatoms. The van der Waals surface area contributed by atoms with Gasteiger partial charge < -0.3 is 0 Å². The molecular formula is C9H12Ge. The van der Waals surface area contributed by atoms with Gasteiger partial charge in [0.25, 0.3) is 0 Å². The first-order chi connectivity index (χ1) is 4.93. The average Bonchev–Trinajstić information content (AvgIpc) is 2.03. The van der Waals surface area contributed by atoms with Crippen LogP contribution in [0.5, 0.6) is 0 Å². The Labute approximate surface area is 69.1 Å². The van der Waals surface area contributed by atoms with Gasteiger partial charge in [0.05, 0.1) is 0 Å². The fraction of sp³-hybridized carbons (Fsp3) is 0.333. The molecule has 10 heavy (non-hydrogen) atoms. The van der Waals surface area contributed by atoms with Crippen LogP contribution in [0.4, 0.5) is 0 Å². The molecule has 0 saturated heterocycles. The fourth-order valence-electron chi connectivity index (χ4n) is 0.865. The molecule has 0 atom stereocenters. The number of benzene rings is 1. The summed E-state index contributed by atoms with van der Waals surface area (Å²) in [5.74, 6) is 0. The van der Waals surface area contributed by atoms with E-state index in [1.165, 1.54) is 16.1 Å². The van der Waals surface area contributed by atoms with Crippen LogP contribution in [0.1, 0.15) is 12.5 Å². The molecule has 0 aromatic heterocycles. The maximum atomic E-state index is 2.28. The summed E-state index contributed by atoms with van der Waals surface area (Å²) in [5.41, 5.74) is 1.52. The first-order valence-corrected chi connectivity index (χ1v) is 6.65. The van der Waals surface area contributed by atoms with Crippen LogP contribution in [0.2, 0.25) is 5.25 Å². The van der Waals surface area contributed by atoms with Crippen LogP contribution in [-0.2, 0) is 5.25 Å². The Bertz CT molecular complexity index is 169. The van der Waals surface area contributed by atoms with Crippen molar-refractivity contribution < 1.29 is 0 Å². The van der Waals surface area contributed by atoms with E-state index in [1.807, 2.05) is 0 Å². The number of hydrogen-bond acceptors (Lipinski definition) is 0. The molecule has 1 aromatic carbocycles. The molecule has 0 heterocycles. The molecule has 1 aromatic rings. The van der Waals surface area contributed by atoms with Gasteiger partial charge in [0.2, 0.25) is 0 Å². The Balaban J connectivity index is 2.43. The molecule has 52 valence electrons. The predicted octanol–water partition coefficient (Wildman–Crippen LogP) is 2.33. The summed E-state index contributed by atoms with van der Waals surface area (Å²) in [4.78, 5) is 0. The third-order valence-corrected chi connectivity index (χ3v) is 3.85. The SMILES string of the molecule is C[CH2][Ge][CH2]c1ccccc1. The van der Waals surface area contributed by atoms with Gasteiger partial charge in [0, 0.05) is 0 Å². The van der Waals surface area contributed by atoms with E-state index in [0.29, 0.717) is 15.4 Å². The summed E-state index contributed by atoms with van der Waals surface area (Å²) in [6.45, 7) is 2.28. The van der Waals surface area contributed by atoms with Crippen molar-refractivity contribution in [3.8, 4) is 0 Å². The van der Waals surface area contributed by atoms with Gasteiger partial charge in [-0.1, -0.05) is 0 Å². The second-order valence-corrected chi connectivity index (χ2v) is 5.54. The first-order valence-electron chi connectivity index (χ1n) is 3.68. The summed E-state index contributed by atoms with van der Waals surface area (Å²) < 4.78 is 0. The first kappa shape index (κ1) is 7.87. The van der Waals surface area contributed by atoms with Gasteiger partial charge in [-0.25, -0.2) is 0 Å². The van der Waals surface area contributed by atoms with E-state index in [-0.39, 0.29) is 0 Å². The molecule has 2 radical (unpaired) electrons. The molecular weight excluding hydrogens is 181 g/mol.